The zero-order valence-corrected chi connectivity index (χ0v) is 19.0. The van der Waals surface area contributed by atoms with E-state index in [1.165, 1.54) is 10.5 Å². The summed E-state index contributed by atoms with van der Waals surface area (Å²) in [6, 6.07) is 20.0. The molecule has 0 bridgehead atoms. The Kier molecular flexibility index (Phi) is 6.24. The van der Waals surface area contributed by atoms with E-state index < -0.39 is 11.5 Å². The van der Waals surface area contributed by atoms with Gasteiger partial charge in [0, 0.05) is 11.9 Å². The molecule has 0 spiro atoms. The zero-order chi connectivity index (χ0) is 24.2. The van der Waals surface area contributed by atoms with Crippen molar-refractivity contribution in [1.29, 1.82) is 5.26 Å². The Balaban J connectivity index is 1.84. The number of anilines is 1. The molecule has 4 rings (SSSR count). The smallest absolute Gasteiger partial charge is 0.269 e. The molecule has 1 N–H and O–H groups in total. The Labute approximate surface area is 196 Å². The summed E-state index contributed by atoms with van der Waals surface area (Å²) in [5.41, 5.74) is 2.92. The first kappa shape index (κ1) is 22.5. The number of carbonyl (C=O) groups excluding carboxylic acids is 1. The number of hydrogen-bond acceptors (Lipinski definition) is 5. The summed E-state index contributed by atoms with van der Waals surface area (Å²) in [5.74, 6) is -0.145. The van der Waals surface area contributed by atoms with Crippen LogP contribution in [0.4, 0.5) is 5.69 Å². The van der Waals surface area contributed by atoms with E-state index in [1.807, 2.05) is 57.2 Å². The predicted molar refractivity (Wildman–Crippen MR) is 131 cm³/mol. The summed E-state index contributed by atoms with van der Waals surface area (Å²) in [4.78, 5) is 30.9. The van der Waals surface area contributed by atoms with E-state index in [1.54, 1.807) is 36.5 Å². The summed E-state index contributed by atoms with van der Waals surface area (Å²) in [5, 5.41) is 12.5. The van der Waals surface area contributed by atoms with Gasteiger partial charge < -0.3 is 10.1 Å². The Bertz CT molecular complexity index is 1530. The van der Waals surface area contributed by atoms with Crippen molar-refractivity contribution < 1.29 is 9.53 Å². The number of pyridine rings is 1. The van der Waals surface area contributed by atoms with Gasteiger partial charge in [0.2, 0.25) is 5.88 Å². The summed E-state index contributed by atoms with van der Waals surface area (Å²) in [6.45, 7) is 5.60. The van der Waals surface area contributed by atoms with E-state index in [-0.39, 0.29) is 17.0 Å². The molecule has 7 heteroatoms. The van der Waals surface area contributed by atoms with Gasteiger partial charge in [0.15, 0.2) is 0 Å². The molecule has 0 atom stereocenters. The number of amides is 1. The maximum atomic E-state index is 13.4. The Morgan fingerprint density at radius 2 is 1.82 bits per heavy atom. The number of carbonyl (C=O) groups is 1. The van der Waals surface area contributed by atoms with Crippen molar-refractivity contribution in [3.8, 4) is 17.7 Å². The number of rotatable bonds is 5. The van der Waals surface area contributed by atoms with Gasteiger partial charge in [-0.25, -0.2) is 0 Å². The Hall–Kier alpha value is -4.70. The highest BCUT2D eigenvalue weighted by molar-refractivity contribution is 6.10. The van der Waals surface area contributed by atoms with Gasteiger partial charge in [-0.05, 0) is 67.8 Å². The first-order chi connectivity index (χ1) is 16.4. The second kappa shape index (κ2) is 9.43. The highest BCUT2D eigenvalue weighted by Crippen LogP contribution is 2.25. The molecule has 2 heterocycles. The summed E-state index contributed by atoms with van der Waals surface area (Å²) in [7, 11) is 0. The minimum Gasteiger partial charge on any atom is -0.438 e. The van der Waals surface area contributed by atoms with E-state index >= 15 is 0 Å². The molecule has 34 heavy (non-hydrogen) atoms. The van der Waals surface area contributed by atoms with Crippen molar-refractivity contribution in [2.45, 2.75) is 20.8 Å². The molecule has 0 unspecified atom stereocenters. The molecular weight excluding hydrogens is 428 g/mol. The number of aryl methyl sites for hydroxylation is 3. The molecule has 168 valence electrons. The van der Waals surface area contributed by atoms with Gasteiger partial charge in [0.1, 0.15) is 28.6 Å². The first-order valence-corrected chi connectivity index (χ1v) is 10.6. The number of nitriles is 1. The molecule has 0 radical (unpaired) electrons. The van der Waals surface area contributed by atoms with Crippen LogP contribution in [0, 0.1) is 32.1 Å². The van der Waals surface area contributed by atoms with Crippen molar-refractivity contribution >= 4 is 23.3 Å². The maximum Gasteiger partial charge on any atom is 0.269 e. The minimum absolute atomic E-state index is 0.000354. The van der Waals surface area contributed by atoms with E-state index in [0.29, 0.717) is 17.1 Å². The van der Waals surface area contributed by atoms with Crippen LogP contribution in [0.15, 0.2) is 77.2 Å². The third-order valence-electron chi connectivity index (χ3n) is 5.30. The molecule has 0 aliphatic carbocycles. The highest BCUT2D eigenvalue weighted by Gasteiger charge is 2.18. The molecule has 0 aliphatic heterocycles. The lowest BCUT2D eigenvalue weighted by molar-refractivity contribution is -0.112. The number of nitrogens with zero attached hydrogens (tertiary/aromatic N) is 3. The quantitative estimate of drug-likeness (QED) is 0.342. The number of aromatic nitrogens is 2. The Morgan fingerprint density at radius 1 is 1.06 bits per heavy atom. The topological polar surface area (TPSA) is 96.5 Å². The molecule has 2 aromatic heterocycles. The van der Waals surface area contributed by atoms with E-state index in [0.717, 1.165) is 16.7 Å². The van der Waals surface area contributed by atoms with Gasteiger partial charge in [0.25, 0.3) is 11.5 Å². The molecule has 0 aliphatic rings. The molecule has 2 aromatic carbocycles. The van der Waals surface area contributed by atoms with Crippen LogP contribution in [0.1, 0.15) is 22.3 Å². The van der Waals surface area contributed by atoms with Gasteiger partial charge in [-0.2, -0.15) is 10.2 Å². The van der Waals surface area contributed by atoms with Crippen LogP contribution in [0.2, 0.25) is 0 Å². The summed E-state index contributed by atoms with van der Waals surface area (Å²) < 4.78 is 7.29. The number of hydrogen-bond donors (Lipinski definition) is 1. The van der Waals surface area contributed by atoms with E-state index in [4.69, 9.17) is 4.74 Å². The van der Waals surface area contributed by atoms with Gasteiger partial charge in [-0.15, -0.1) is 0 Å². The fourth-order valence-corrected chi connectivity index (χ4v) is 3.45. The second-order valence-electron chi connectivity index (χ2n) is 7.88. The van der Waals surface area contributed by atoms with Gasteiger partial charge in [-0.3, -0.25) is 14.0 Å². The summed E-state index contributed by atoms with van der Waals surface area (Å²) in [6.07, 6.45) is 2.81. The van der Waals surface area contributed by atoms with Crippen LogP contribution in [0.3, 0.4) is 0 Å². The molecular formula is C27H22N4O3. The standard InChI is InChI=1S/C27H22N4O3/c1-17-11-12-18(2)23(14-17)29-25(32)20(16-28)15-22-26(34-21-9-5-4-6-10-21)30-24-19(3)8-7-13-31(24)27(22)33/h4-15H,1-3H3,(H,29,32)/b20-15-. The summed E-state index contributed by atoms with van der Waals surface area (Å²) >= 11 is 0. The third-order valence-corrected chi connectivity index (χ3v) is 5.30. The van der Waals surface area contributed by atoms with Crippen molar-refractivity contribution in [3.63, 3.8) is 0 Å². The van der Waals surface area contributed by atoms with Crippen molar-refractivity contribution in [1.82, 2.24) is 9.38 Å². The highest BCUT2D eigenvalue weighted by atomic mass is 16.5. The van der Waals surface area contributed by atoms with Crippen LogP contribution in [-0.4, -0.2) is 15.3 Å². The van der Waals surface area contributed by atoms with Crippen molar-refractivity contribution in [2.24, 2.45) is 0 Å². The van der Waals surface area contributed by atoms with Crippen molar-refractivity contribution in [3.05, 3.63) is 105 Å². The van der Waals surface area contributed by atoms with Gasteiger partial charge in [-0.1, -0.05) is 36.4 Å². The lowest BCUT2D eigenvalue weighted by atomic mass is 10.1. The van der Waals surface area contributed by atoms with Crippen LogP contribution >= 0.6 is 0 Å². The predicted octanol–water partition coefficient (Wildman–Crippen LogP) is 4.96. The fraction of sp³-hybridized carbons (Fsp3) is 0.111. The molecule has 0 fully saturated rings. The normalized spacial score (nSPS) is 11.2. The zero-order valence-electron chi connectivity index (χ0n) is 19.0. The first-order valence-electron chi connectivity index (χ1n) is 10.6. The number of nitrogens with one attached hydrogen (secondary N) is 1. The van der Waals surface area contributed by atoms with Crippen molar-refractivity contribution in [2.75, 3.05) is 5.32 Å². The average molecular weight is 450 g/mol. The van der Waals surface area contributed by atoms with Gasteiger partial charge >= 0.3 is 0 Å². The lowest BCUT2D eigenvalue weighted by Crippen LogP contribution is -2.21. The molecule has 0 saturated carbocycles. The lowest BCUT2D eigenvalue weighted by Gasteiger charge is -2.12. The molecule has 4 aromatic rings. The second-order valence-corrected chi connectivity index (χ2v) is 7.88. The Morgan fingerprint density at radius 3 is 2.56 bits per heavy atom. The van der Waals surface area contributed by atoms with E-state index in [2.05, 4.69) is 10.3 Å². The van der Waals surface area contributed by atoms with Crippen LogP contribution in [0.25, 0.3) is 11.7 Å². The number of fused-ring (bicyclic) bond motifs is 1. The third kappa shape index (κ3) is 4.57. The molecule has 0 saturated heterocycles. The monoisotopic (exact) mass is 450 g/mol. The fourth-order valence-electron chi connectivity index (χ4n) is 3.45. The minimum atomic E-state index is -0.629. The SMILES string of the molecule is Cc1ccc(C)c(NC(=O)/C(C#N)=C\c2c(Oc3ccccc3)nc3c(C)cccn3c2=O)c1. The average Bonchev–Trinajstić information content (AvgIpc) is 2.82. The largest absolute Gasteiger partial charge is 0.438 e. The van der Waals surface area contributed by atoms with Crippen LogP contribution < -0.4 is 15.6 Å². The number of ether oxygens (including phenoxy) is 1. The molecule has 7 nitrogen and oxygen atoms in total. The van der Waals surface area contributed by atoms with Crippen LogP contribution in [0.5, 0.6) is 11.6 Å². The van der Waals surface area contributed by atoms with Gasteiger partial charge in [0.05, 0.1) is 0 Å². The van der Waals surface area contributed by atoms with E-state index in [9.17, 15) is 14.9 Å². The van der Waals surface area contributed by atoms with Crippen LogP contribution in [-0.2, 0) is 4.79 Å². The number of para-hydroxylation sites is 1. The molecule has 1 amide bonds. The number of benzene rings is 2. The maximum absolute atomic E-state index is 13.4.